The fraction of sp³-hybridized carbons (Fsp3) is 0.448. The van der Waals surface area contributed by atoms with Crippen molar-refractivity contribution in [2.75, 3.05) is 39.2 Å². The number of methoxy groups -OCH3 is 1. The minimum absolute atomic E-state index is 0.0457. The second-order valence-corrected chi connectivity index (χ2v) is 11.0. The molecule has 196 valence electrons. The van der Waals surface area contributed by atoms with Gasteiger partial charge in [-0.15, -0.1) is 0 Å². The molecule has 2 aromatic carbocycles. The highest BCUT2D eigenvalue weighted by atomic mass is 35.5. The molecule has 1 N–H and O–H groups in total. The Morgan fingerprint density at radius 3 is 2.51 bits per heavy atom. The van der Waals surface area contributed by atoms with Gasteiger partial charge in [0.2, 0.25) is 0 Å². The lowest BCUT2D eigenvalue weighted by Gasteiger charge is -2.39. The Kier molecular flexibility index (Phi) is 7.03. The van der Waals surface area contributed by atoms with Crippen LogP contribution in [-0.2, 0) is 0 Å². The van der Waals surface area contributed by atoms with E-state index in [1.807, 2.05) is 0 Å². The topological polar surface area (TPSA) is 65.9 Å². The lowest BCUT2D eigenvalue weighted by atomic mass is 9.88. The van der Waals surface area contributed by atoms with Crippen LogP contribution in [0.2, 0.25) is 5.02 Å². The second kappa shape index (κ2) is 10.1. The summed E-state index contributed by atoms with van der Waals surface area (Å²) in [4.78, 5) is 22.4. The van der Waals surface area contributed by atoms with Gasteiger partial charge < -0.3 is 19.6 Å². The first-order valence-electron chi connectivity index (χ1n) is 12.8. The maximum absolute atomic E-state index is 15.4. The first-order chi connectivity index (χ1) is 17.7. The van der Waals surface area contributed by atoms with Gasteiger partial charge in [0.25, 0.3) is 0 Å². The van der Waals surface area contributed by atoms with Gasteiger partial charge in [0, 0.05) is 48.3 Å². The third-order valence-corrected chi connectivity index (χ3v) is 8.34. The quantitative estimate of drug-likeness (QED) is 0.372. The normalized spacial score (nSPS) is 17.4. The Morgan fingerprint density at radius 2 is 1.89 bits per heavy atom. The number of halogens is 2. The molecule has 1 atom stereocenters. The molecule has 2 aliphatic rings. The molecule has 3 aromatic rings. The number of rotatable bonds is 7. The summed E-state index contributed by atoms with van der Waals surface area (Å²) in [6.07, 6.45) is 5.46. The van der Waals surface area contributed by atoms with Crippen molar-refractivity contribution in [2.45, 2.75) is 38.6 Å². The zero-order valence-electron chi connectivity index (χ0n) is 21.7. The number of piperidine rings is 1. The lowest BCUT2D eigenvalue weighted by molar-refractivity contribution is 0.0967. The van der Waals surface area contributed by atoms with Crippen molar-refractivity contribution in [3.05, 3.63) is 46.9 Å². The highest BCUT2D eigenvalue weighted by Gasteiger charge is 2.35. The Balaban J connectivity index is 1.63. The van der Waals surface area contributed by atoms with Gasteiger partial charge >= 0.3 is 0 Å². The molecular formula is C29H33ClFN3O3. The number of ketones is 1. The summed E-state index contributed by atoms with van der Waals surface area (Å²) in [5, 5.41) is 11.0. The van der Waals surface area contributed by atoms with E-state index in [-0.39, 0.29) is 28.2 Å². The van der Waals surface area contributed by atoms with Crippen molar-refractivity contribution in [1.29, 1.82) is 0 Å². The lowest BCUT2D eigenvalue weighted by Crippen LogP contribution is -2.42. The molecule has 1 aliphatic heterocycles. The number of nitrogens with zero attached hydrogens (tertiary/aromatic N) is 3. The summed E-state index contributed by atoms with van der Waals surface area (Å²) in [7, 11) is 5.64. The van der Waals surface area contributed by atoms with Gasteiger partial charge in [0.1, 0.15) is 5.82 Å². The molecule has 1 saturated heterocycles. The van der Waals surface area contributed by atoms with Gasteiger partial charge in [-0.05, 0) is 76.4 Å². The van der Waals surface area contributed by atoms with Crippen molar-refractivity contribution < 1.29 is 19.0 Å². The predicted octanol–water partition coefficient (Wildman–Crippen LogP) is 6.17. The smallest absolute Gasteiger partial charge is 0.176 e. The average molecular weight is 526 g/mol. The van der Waals surface area contributed by atoms with Crippen molar-refractivity contribution in [2.24, 2.45) is 11.8 Å². The summed E-state index contributed by atoms with van der Waals surface area (Å²) >= 11 is 6.22. The van der Waals surface area contributed by atoms with E-state index >= 15 is 4.39 Å². The number of phenolic OH excluding ortho intramolecular Hbond substituents is 1. The van der Waals surface area contributed by atoms with Gasteiger partial charge in [-0.1, -0.05) is 11.6 Å². The molecule has 1 aliphatic carbocycles. The van der Waals surface area contributed by atoms with E-state index in [0.29, 0.717) is 34.2 Å². The van der Waals surface area contributed by atoms with Crippen LogP contribution in [0.3, 0.4) is 0 Å². The van der Waals surface area contributed by atoms with E-state index in [4.69, 9.17) is 16.3 Å². The molecule has 0 bridgehead atoms. The van der Waals surface area contributed by atoms with Crippen LogP contribution in [0.5, 0.6) is 11.5 Å². The number of pyridine rings is 1. The van der Waals surface area contributed by atoms with Crippen molar-refractivity contribution in [1.82, 2.24) is 9.88 Å². The fourth-order valence-corrected chi connectivity index (χ4v) is 5.63. The van der Waals surface area contributed by atoms with Crippen LogP contribution in [0.15, 0.2) is 30.5 Å². The van der Waals surface area contributed by atoms with Crippen LogP contribution in [0.1, 0.15) is 43.0 Å². The number of aromatic hydroxyl groups is 1. The number of fused-ring (bicyclic) bond motifs is 1. The summed E-state index contributed by atoms with van der Waals surface area (Å²) < 4.78 is 20.6. The molecule has 0 spiro atoms. The minimum atomic E-state index is -0.463. The zero-order chi connectivity index (χ0) is 26.4. The number of carbonyl (C=O) groups is 1. The predicted molar refractivity (Wildman–Crippen MR) is 146 cm³/mol. The van der Waals surface area contributed by atoms with E-state index in [2.05, 4.69) is 35.8 Å². The summed E-state index contributed by atoms with van der Waals surface area (Å²) in [5.41, 5.74) is 2.75. The molecule has 1 aromatic heterocycles. The van der Waals surface area contributed by atoms with E-state index in [1.165, 1.54) is 19.2 Å². The fourth-order valence-electron chi connectivity index (χ4n) is 5.42. The van der Waals surface area contributed by atoms with Crippen molar-refractivity contribution in [3.63, 3.8) is 0 Å². The van der Waals surface area contributed by atoms with Gasteiger partial charge in [0.05, 0.1) is 28.9 Å². The van der Waals surface area contributed by atoms with Crippen LogP contribution in [0.25, 0.3) is 22.0 Å². The molecule has 0 amide bonds. The molecule has 2 fully saturated rings. The molecule has 6 nitrogen and oxygen atoms in total. The number of anilines is 1. The van der Waals surface area contributed by atoms with Gasteiger partial charge in [-0.2, -0.15) is 0 Å². The highest BCUT2D eigenvalue weighted by Crippen LogP contribution is 2.43. The van der Waals surface area contributed by atoms with Crippen LogP contribution >= 0.6 is 11.6 Å². The van der Waals surface area contributed by atoms with Gasteiger partial charge in [-0.25, -0.2) is 4.39 Å². The van der Waals surface area contributed by atoms with Crippen LogP contribution in [0, 0.1) is 17.7 Å². The SMILES string of the molecule is COc1cc(-c2cc3c(N4CCC(C(C)N(C)C)CC4)c(C(=O)C4CC4)cnc3cc2F)cc(Cl)c1O. The molecule has 8 heteroatoms. The number of hydrogen-bond acceptors (Lipinski definition) is 6. The molecule has 0 radical (unpaired) electrons. The van der Waals surface area contributed by atoms with Crippen molar-refractivity contribution >= 4 is 34.0 Å². The molecule has 1 unspecified atom stereocenters. The average Bonchev–Trinajstić information content (AvgIpc) is 3.74. The third kappa shape index (κ3) is 4.87. The number of ether oxygens (including phenoxy) is 1. The van der Waals surface area contributed by atoms with E-state index in [1.54, 1.807) is 18.3 Å². The van der Waals surface area contributed by atoms with E-state index < -0.39 is 5.82 Å². The third-order valence-electron chi connectivity index (χ3n) is 8.05. The maximum atomic E-state index is 15.4. The number of benzene rings is 2. The number of carbonyl (C=O) groups excluding carboxylic acids is 1. The Morgan fingerprint density at radius 1 is 1.19 bits per heavy atom. The standard InChI is InChI=1S/C29H33ClFN3O3/c1-16(33(2)3)17-7-9-34(10-8-17)27-21-13-20(19-11-23(30)29(36)26(12-19)37-4)24(31)14-25(21)32-15-22(27)28(35)18-5-6-18/h11-18,36H,5-10H2,1-4H3. The maximum Gasteiger partial charge on any atom is 0.176 e. The Hall–Kier alpha value is -2.90. The van der Waals surface area contributed by atoms with Gasteiger partial charge in [-0.3, -0.25) is 9.78 Å². The highest BCUT2D eigenvalue weighted by molar-refractivity contribution is 6.32. The molecule has 5 rings (SSSR count). The summed E-state index contributed by atoms with van der Waals surface area (Å²) in [5.74, 6) is 0.243. The minimum Gasteiger partial charge on any atom is -0.503 e. The van der Waals surface area contributed by atoms with Crippen molar-refractivity contribution in [3.8, 4) is 22.6 Å². The second-order valence-electron chi connectivity index (χ2n) is 10.5. The summed E-state index contributed by atoms with van der Waals surface area (Å²) in [6.45, 7) is 3.90. The van der Waals surface area contributed by atoms with Crippen LogP contribution in [-0.4, -0.2) is 61.1 Å². The molecule has 2 heterocycles. The number of hydrogen-bond donors (Lipinski definition) is 1. The van der Waals surface area contributed by atoms with Crippen LogP contribution < -0.4 is 9.64 Å². The monoisotopic (exact) mass is 525 g/mol. The van der Waals surface area contributed by atoms with Gasteiger partial charge in [0.15, 0.2) is 17.3 Å². The Labute approximate surface area is 222 Å². The van der Waals surface area contributed by atoms with Crippen LogP contribution in [0.4, 0.5) is 10.1 Å². The number of phenols is 1. The molecular weight excluding hydrogens is 493 g/mol. The zero-order valence-corrected chi connectivity index (χ0v) is 22.5. The Bertz CT molecular complexity index is 1350. The largest absolute Gasteiger partial charge is 0.503 e. The van der Waals surface area contributed by atoms with E-state index in [9.17, 15) is 9.90 Å². The van der Waals surface area contributed by atoms with E-state index in [0.717, 1.165) is 49.8 Å². The first kappa shape index (κ1) is 25.7. The molecule has 37 heavy (non-hydrogen) atoms. The first-order valence-corrected chi connectivity index (χ1v) is 13.2. The molecule has 1 saturated carbocycles. The number of aromatic nitrogens is 1. The summed E-state index contributed by atoms with van der Waals surface area (Å²) in [6, 6.07) is 6.72. The number of Topliss-reactive ketones (excluding diaryl/α,β-unsaturated/α-hetero) is 1.